The second-order valence-electron chi connectivity index (χ2n) is 7.86. The minimum Gasteiger partial charge on any atom is -0.429 e. The van der Waals surface area contributed by atoms with E-state index in [0.717, 1.165) is 11.1 Å². The van der Waals surface area contributed by atoms with Crippen molar-refractivity contribution in [3.63, 3.8) is 0 Å². The second-order valence-corrected chi connectivity index (χ2v) is 7.86. The van der Waals surface area contributed by atoms with Crippen molar-refractivity contribution in [2.24, 2.45) is 0 Å². The number of nitrogens with one attached hydrogen (secondary N) is 3. The van der Waals surface area contributed by atoms with E-state index < -0.39 is 18.5 Å². The normalized spacial score (nSPS) is 13.8. The Kier molecular flexibility index (Phi) is 5.66. The molecule has 0 fully saturated rings. The number of rotatable bonds is 7. The first kappa shape index (κ1) is 22.5. The second kappa shape index (κ2) is 8.32. The monoisotopic (exact) mass is 461 g/mol. The van der Waals surface area contributed by atoms with Crippen LogP contribution in [0.15, 0.2) is 53.1 Å². The number of alkyl halides is 3. The van der Waals surface area contributed by atoms with E-state index in [1.54, 1.807) is 30.7 Å². The SMILES string of the molecule is Cc1cn(Cc2cccc3[nH]c(NC(C)(CO)c4cccc(OC(F)(F)F)c4)nc23)c(=N)o1. The van der Waals surface area contributed by atoms with E-state index in [2.05, 4.69) is 20.0 Å². The Labute approximate surface area is 186 Å². The molecule has 33 heavy (non-hydrogen) atoms. The third-order valence-corrected chi connectivity index (χ3v) is 5.21. The number of hydrogen-bond acceptors (Lipinski definition) is 6. The zero-order valence-corrected chi connectivity index (χ0v) is 17.8. The van der Waals surface area contributed by atoms with Crippen molar-refractivity contribution in [3.05, 3.63) is 71.2 Å². The summed E-state index contributed by atoms with van der Waals surface area (Å²) in [6.45, 7) is 3.35. The molecule has 4 aromatic rings. The molecule has 2 heterocycles. The minimum absolute atomic E-state index is 0.0206. The summed E-state index contributed by atoms with van der Waals surface area (Å²) in [5.74, 6) is 0.564. The molecular weight excluding hydrogens is 439 g/mol. The van der Waals surface area contributed by atoms with Crippen molar-refractivity contribution in [1.82, 2.24) is 14.5 Å². The quantitative estimate of drug-likeness (QED) is 0.332. The van der Waals surface area contributed by atoms with E-state index in [1.165, 1.54) is 18.2 Å². The molecule has 0 aliphatic heterocycles. The highest BCUT2D eigenvalue weighted by Gasteiger charge is 2.33. The molecule has 0 spiro atoms. The first-order valence-electron chi connectivity index (χ1n) is 10.0. The zero-order valence-electron chi connectivity index (χ0n) is 17.8. The number of imidazole rings is 1. The van der Waals surface area contributed by atoms with Crippen molar-refractivity contribution in [2.45, 2.75) is 32.3 Å². The number of aromatic nitrogens is 3. The Morgan fingerprint density at radius 2 is 2.00 bits per heavy atom. The molecule has 174 valence electrons. The Balaban J connectivity index is 1.64. The lowest BCUT2D eigenvalue weighted by molar-refractivity contribution is -0.274. The molecule has 1 unspecified atom stereocenters. The zero-order chi connectivity index (χ0) is 23.8. The van der Waals surface area contributed by atoms with Crippen molar-refractivity contribution < 1.29 is 27.4 Å². The number of para-hydroxylation sites is 1. The van der Waals surface area contributed by atoms with Gasteiger partial charge in [0.15, 0.2) is 0 Å². The van der Waals surface area contributed by atoms with Gasteiger partial charge in [-0.2, -0.15) is 0 Å². The van der Waals surface area contributed by atoms with E-state index >= 15 is 0 Å². The summed E-state index contributed by atoms with van der Waals surface area (Å²) >= 11 is 0. The molecule has 0 saturated heterocycles. The molecule has 0 aliphatic carbocycles. The lowest BCUT2D eigenvalue weighted by Gasteiger charge is -2.29. The van der Waals surface area contributed by atoms with Crippen LogP contribution in [0.25, 0.3) is 11.0 Å². The number of aliphatic hydroxyl groups is 1. The standard InChI is InChI=1S/C22H22F3N5O3/c1-13-10-30(19(26)32-13)11-14-5-3-8-17-18(14)28-20(27-17)29-21(2,12-31)15-6-4-7-16(9-15)33-22(23,24)25/h3-10,26,31H,11-12H2,1-2H3,(H2,27,28,29). The van der Waals surface area contributed by atoms with Crippen LogP contribution in [0.1, 0.15) is 23.8 Å². The van der Waals surface area contributed by atoms with E-state index in [9.17, 15) is 18.3 Å². The summed E-state index contributed by atoms with van der Waals surface area (Å²) in [6, 6.07) is 11.0. The molecule has 0 saturated carbocycles. The Bertz CT molecular complexity index is 1340. The number of halogens is 3. The third kappa shape index (κ3) is 4.87. The van der Waals surface area contributed by atoms with Crippen LogP contribution in [0, 0.1) is 12.3 Å². The van der Waals surface area contributed by atoms with Gasteiger partial charge in [0.2, 0.25) is 5.95 Å². The maximum Gasteiger partial charge on any atom is 0.573 e. The Morgan fingerprint density at radius 3 is 2.67 bits per heavy atom. The number of oxazole rings is 1. The molecule has 0 radical (unpaired) electrons. The summed E-state index contributed by atoms with van der Waals surface area (Å²) < 4.78 is 48.8. The van der Waals surface area contributed by atoms with Gasteiger partial charge in [-0.05, 0) is 43.2 Å². The molecule has 4 rings (SSSR count). The van der Waals surface area contributed by atoms with Gasteiger partial charge in [0.1, 0.15) is 11.5 Å². The van der Waals surface area contributed by atoms with E-state index in [0.29, 0.717) is 29.3 Å². The van der Waals surface area contributed by atoms with Gasteiger partial charge in [0.25, 0.3) is 5.68 Å². The molecule has 2 aromatic carbocycles. The maximum absolute atomic E-state index is 12.6. The predicted octanol–water partition coefficient (Wildman–Crippen LogP) is 4.01. The maximum atomic E-state index is 12.6. The largest absolute Gasteiger partial charge is 0.573 e. The van der Waals surface area contributed by atoms with Gasteiger partial charge in [-0.25, -0.2) is 4.98 Å². The number of ether oxygens (including phenoxy) is 1. The van der Waals surface area contributed by atoms with Gasteiger partial charge in [0.05, 0.1) is 29.7 Å². The van der Waals surface area contributed by atoms with Crippen molar-refractivity contribution >= 4 is 17.0 Å². The first-order chi connectivity index (χ1) is 15.6. The molecule has 2 aromatic heterocycles. The summed E-state index contributed by atoms with van der Waals surface area (Å²) in [5.41, 5.74) is 1.46. The van der Waals surface area contributed by atoms with Crippen LogP contribution in [0.2, 0.25) is 0 Å². The van der Waals surface area contributed by atoms with E-state index in [-0.39, 0.29) is 11.4 Å². The Morgan fingerprint density at radius 1 is 1.24 bits per heavy atom. The smallest absolute Gasteiger partial charge is 0.429 e. The number of aliphatic hydroxyl groups excluding tert-OH is 1. The number of aryl methyl sites for hydroxylation is 1. The summed E-state index contributed by atoms with van der Waals surface area (Å²) in [5, 5.41) is 21.1. The van der Waals surface area contributed by atoms with Gasteiger partial charge < -0.3 is 24.6 Å². The van der Waals surface area contributed by atoms with Crippen LogP contribution in [-0.2, 0) is 12.1 Å². The number of hydrogen-bond donors (Lipinski definition) is 4. The lowest BCUT2D eigenvalue weighted by atomic mass is 9.93. The number of H-pyrrole nitrogens is 1. The van der Waals surface area contributed by atoms with Crippen LogP contribution in [0.4, 0.5) is 19.1 Å². The third-order valence-electron chi connectivity index (χ3n) is 5.21. The Hall–Kier alpha value is -3.73. The van der Waals surface area contributed by atoms with Gasteiger partial charge in [-0.15, -0.1) is 13.2 Å². The molecular formula is C22H22F3N5O3. The molecule has 8 nitrogen and oxygen atoms in total. The molecule has 0 aliphatic rings. The van der Waals surface area contributed by atoms with Gasteiger partial charge in [-0.1, -0.05) is 24.3 Å². The fourth-order valence-corrected chi connectivity index (χ4v) is 3.60. The first-order valence-corrected chi connectivity index (χ1v) is 10.0. The highest BCUT2D eigenvalue weighted by molar-refractivity contribution is 5.81. The lowest BCUT2D eigenvalue weighted by Crippen LogP contribution is -2.36. The fourth-order valence-electron chi connectivity index (χ4n) is 3.60. The number of anilines is 1. The average Bonchev–Trinajstić information content (AvgIpc) is 3.29. The van der Waals surface area contributed by atoms with Crippen molar-refractivity contribution in [2.75, 3.05) is 11.9 Å². The van der Waals surface area contributed by atoms with Crippen molar-refractivity contribution in [3.8, 4) is 5.75 Å². The van der Waals surface area contributed by atoms with Crippen LogP contribution >= 0.6 is 0 Å². The van der Waals surface area contributed by atoms with Gasteiger partial charge in [0, 0.05) is 6.20 Å². The average molecular weight is 461 g/mol. The van der Waals surface area contributed by atoms with E-state index in [4.69, 9.17) is 9.83 Å². The highest BCUT2D eigenvalue weighted by Crippen LogP contribution is 2.31. The van der Waals surface area contributed by atoms with Gasteiger partial charge >= 0.3 is 6.36 Å². The summed E-state index contributed by atoms with van der Waals surface area (Å²) in [4.78, 5) is 7.72. The highest BCUT2D eigenvalue weighted by atomic mass is 19.4. The predicted molar refractivity (Wildman–Crippen MR) is 114 cm³/mol. The molecule has 11 heteroatoms. The summed E-state index contributed by atoms with van der Waals surface area (Å²) in [6.07, 6.45) is -3.09. The summed E-state index contributed by atoms with van der Waals surface area (Å²) in [7, 11) is 0. The van der Waals surface area contributed by atoms with Gasteiger partial charge in [-0.3, -0.25) is 9.98 Å². The number of benzene rings is 2. The van der Waals surface area contributed by atoms with Crippen molar-refractivity contribution in [1.29, 1.82) is 5.41 Å². The molecule has 0 bridgehead atoms. The van der Waals surface area contributed by atoms with Crippen LogP contribution in [0.3, 0.4) is 0 Å². The topological polar surface area (TPSA) is 112 Å². The van der Waals surface area contributed by atoms with Crippen LogP contribution < -0.4 is 15.7 Å². The van der Waals surface area contributed by atoms with E-state index in [1.807, 2.05) is 18.2 Å². The fraction of sp³-hybridized carbons (Fsp3) is 0.273. The number of fused-ring (bicyclic) bond motifs is 1. The molecule has 0 amide bonds. The minimum atomic E-state index is -4.82. The number of nitrogens with zero attached hydrogens (tertiary/aromatic N) is 2. The van der Waals surface area contributed by atoms with Crippen LogP contribution in [0.5, 0.6) is 5.75 Å². The van der Waals surface area contributed by atoms with Crippen LogP contribution in [-0.4, -0.2) is 32.6 Å². The number of aromatic amines is 1. The molecule has 4 N–H and O–H groups in total. The molecule has 1 atom stereocenters.